The zero-order valence-electron chi connectivity index (χ0n) is 41.2. The van der Waals surface area contributed by atoms with E-state index >= 15 is 0 Å². The number of hydrogen-bond acceptors (Lipinski definition) is 12. The summed E-state index contributed by atoms with van der Waals surface area (Å²) in [6.45, 7) is 17.6. The molecule has 4 amide bonds. The molecule has 376 valence electrons. The number of likely N-dealkylation sites (tertiary alicyclic amines) is 2. The molecule has 8 rings (SSSR count). The van der Waals surface area contributed by atoms with Crippen molar-refractivity contribution < 1.29 is 33.0 Å². The lowest BCUT2D eigenvalue weighted by atomic mass is 9.90. The second-order valence-corrected chi connectivity index (χ2v) is 20.2. The third kappa shape index (κ3) is 13.2. The number of halogens is 1. The molecule has 1 unspecified atom stereocenters. The summed E-state index contributed by atoms with van der Waals surface area (Å²) in [7, 11) is 0. The molecule has 4 saturated heterocycles. The average molecular weight is 965 g/mol. The number of carbonyl (C=O) groups excluding carboxylic acids is 4. The number of aromatic nitrogens is 3. The standard InChI is InChI=1S/C52H69FN10O7/c1-5-61-31-38(11-13-47(61)65)39-28-45(55-46(64)34-70-52(2,3)4)49(54-29-39)51(68)63-16-14-36(15-17-63)30-58-18-20-59(21-19-58)32-48(66)62-24-22-60(23-25-62)35-69-33-40-26-37(10-12-43(40)53)27-44-41-8-6-7-9-42(41)50(67)57-56-44/h6-10,12,26,28-29,36,38H,5,11,13-25,27,30-35H2,1-4H3,(H,55,64)(H,57,67). The average Bonchev–Trinajstić information content (AvgIpc) is 3.36. The second kappa shape index (κ2) is 23.1. The van der Waals surface area contributed by atoms with E-state index in [1.54, 1.807) is 24.4 Å². The summed E-state index contributed by atoms with van der Waals surface area (Å²) < 4.78 is 26.5. The molecule has 4 aliphatic heterocycles. The number of likely N-dealkylation sites (N-methyl/N-ethyl adjacent to an activating group) is 1. The van der Waals surface area contributed by atoms with Crippen molar-refractivity contribution in [2.75, 3.05) is 110 Å². The quantitative estimate of drug-likeness (QED) is 0.163. The summed E-state index contributed by atoms with van der Waals surface area (Å²) in [5.74, 6) is -0.132. The predicted octanol–water partition coefficient (Wildman–Crippen LogP) is 4.32. The molecular formula is C52H69FN10O7. The highest BCUT2D eigenvalue weighted by Gasteiger charge is 2.32. The van der Waals surface area contributed by atoms with Gasteiger partial charge in [0.05, 0.1) is 42.3 Å². The number of carbonyl (C=O) groups is 4. The Morgan fingerprint density at radius 3 is 2.30 bits per heavy atom. The third-order valence-corrected chi connectivity index (χ3v) is 14.1. The van der Waals surface area contributed by atoms with Gasteiger partial charge in [0, 0.05) is 121 Å². The van der Waals surface area contributed by atoms with Gasteiger partial charge >= 0.3 is 0 Å². The number of fused-ring (bicyclic) bond motifs is 1. The SMILES string of the molecule is CCN1CC(c2cnc(C(=O)N3CCC(CN4CCN(CC(=O)N5CCN(COCc6cc(Cc7n[nH]c(=O)c8ccccc78)ccc6F)CC5)CC4)CC3)c(NC(=O)COC(C)(C)C)c2)CCC1=O. The number of H-pyrrole nitrogens is 1. The van der Waals surface area contributed by atoms with E-state index in [1.165, 1.54) is 6.07 Å². The van der Waals surface area contributed by atoms with Crippen molar-refractivity contribution in [2.45, 2.75) is 77.9 Å². The molecule has 6 heterocycles. The predicted molar refractivity (Wildman–Crippen MR) is 264 cm³/mol. The van der Waals surface area contributed by atoms with E-state index in [0.717, 1.165) is 62.1 Å². The van der Waals surface area contributed by atoms with Crippen LogP contribution in [0.25, 0.3) is 10.8 Å². The molecule has 0 spiro atoms. The molecule has 0 bridgehead atoms. The summed E-state index contributed by atoms with van der Waals surface area (Å²) in [4.78, 5) is 82.2. The number of aromatic amines is 1. The summed E-state index contributed by atoms with van der Waals surface area (Å²) >= 11 is 0. The Hall–Kier alpha value is -5.66. The number of hydrogen-bond donors (Lipinski definition) is 2. The number of rotatable bonds is 16. The van der Waals surface area contributed by atoms with Crippen molar-refractivity contribution in [3.05, 3.63) is 99.0 Å². The van der Waals surface area contributed by atoms with E-state index in [-0.39, 0.29) is 59.8 Å². The third-order valence-electron chi connectivity index (χ3n) is 14.1. The Kier molecular flexibility index (Phi) is 16.7. The molecule has 0 saturated carbocycles. The fourth-order valence-electron chi connectivity index (χ4n) is 9.94. The normalized spacial score (nSPS) is 19.2. The molecule has 4 aromatic rings. The molecular weight excluding hydrogens is 896 g/mol. The van der Waals surface area contributed by atoms with Crippen LogP contribution in [0.4, 0.5) is 10.1 Å². The molecule has 1 atom stereocenters. The molecule has 0 aliphatic carbocycles. The van der Waals surface area contributed by atoms with Gasteiger partial charge in [-0.15, -0.1) is 0 Å². The first-order valence-electron chi connectivity index (χ1n) is 25.0. The van der Waals surface area contributed by atoms with Gasteiger partial charge in [0.25, 0.3) is 11.5 Å². The molecule has 4 fully saturated rings. The number of amides is 4. The van der Waals surface area contributed by atoms with E-state index in [2.05, 4.69) is 35.2 Å². The van der Waals surface area contributed by atoms with Gasteiger partial charge in [-0.2, -0.15) is 5.10 Å². The summed E-state index contributed by atoms with van der Waals surface area (Å²) in [6, 6.07) is 14.1. The van der Waals surface area contributed by atoms with Crippen molar-refractivity contribution >= 4 is 40.1 Å². The topological polar surface area (TPSA) is 177 Å². The van der Waals surface area contributed by atoms with Gasteiger partial charge in [0.15, 0.2) is 5.69 Å². The molecule has 4 aliphatic rings. The first kappa shape index (κ1) is 50.7. The van der Waals surface area contributed by atoms with Crippen molar-refractivity contribution in [1.29, 1.82) is 0 Å². The number of piperazine rings is 2. The van der Waals surface area contributed by atoms with Crippen LogP contribution in [-0.2, 0) is 36.9 Å². The Balaban J connectivity index is 0.741. The van der Waals surface area contributed by atoms with E-state index in [4.69, 9.17) is 9.47 Å². The highest BCUT2D eigenvalue weighted by molar-refractivity contribution is 6.02. The number of nitrogens with zero attached hydrogens (tertiary/aromatic N) is 8. The number of anilines is 1. The van der Waals surface area contributed by atoms with Crippen LogP contribution in [0, 0.1) is 11.7 Å². The van der Waals surface area contributed by atoms with Crippen LogP contribution in [0.1, 0.15) is 92.2 Å². The van der Waals surface area contributed by atoms with E-state index in [9.17, 15) is 28.4 Å². The lowest BCUT2D eigenvalue weighted by Gasteiger charge is -2.40. The summed E-state index contributed by atoms with van der Waals surface area (Å²) in [5.41, 5.74) is 2.76. The minimum absolute atomic E-state index is 0.0595. The number of nitrogens with one attached hydrogen (secondary N) is 2. The van der Waals surface area contributed by atoms with E-state index < -0.39 is 5.60 Å². The minimum atomic E-state index is -0.504. The molecule has 2 aromatic carbocycles. The Morgan fingerprint density at radius 2 is 1.57 bits per heavy atom. The lowest BCUT2D eigenvalue weighted by molar-refractivity contribution is -0.135. The first-order chi connectivity index (χ1) is 33.7. The van der Waals surface area contributed by atoms with Gasteiger partial charge in [-0.25, -0.2) is 14.5 Å². The zero-order valence-corrected chi connectivity index (χ0v) is 41.2. The maximum absolute atomic E-state index is 14.8. The van der Waals surface area contributed by atoms with Crippen LogP contribution >= 0.6 is 0 Å². The van der Waals surface area contributed by atoms with Crippen molar-refractivity contribution in [3.8, 4) is 0 Å². The van der Waals surface area contributed by atoms with Crippen molar-refractivity contribution in [3.63, 3.8) is 0 Å². The van der Waals surface area contributed by atoms with Crippen LogP contribution in [0.2, 0.25) is 0 Å². The molecule has 17 nitrogen and oxygen atoms in total. The minimum Gasteiger partial charge on any atom is -0.366 e. The van der Waals surface area contributed by atoms with Gasteiger partial charge in [-0.05, 0) is 82.2 Å². The fourth-order valence-corrected chi connectivity index (χ4v) is 9.94. The number of pyridine rings is 1. The molecule has 2 N–H and O–H groups in total. The van der Waals surface area contributed by atoms with Gasteiger partial charge in [0.2, 0.25) is 17.7 Å². The highest BCUT2D eigenvalue weighted by Crippen LogP contribution is 2.31. The zero-order chi connectivity index (χ0) is 49.4. The van der Waals surface area contributed by atoms with Crippen molar-refractivity contribution in [2.24, 2.45) is 5.92 Å². The second-order valence-electron chi connectivity index (χ2n) is 20.2. The molecule has 2 aromatic heterocycles. The van der Waals surface area contributed by atoms with Gasteiger partial charge in [-0.3, -0.25) is 33.8 Å². The maximum Gasteiger partial charge on any atom is 0.274 e. The summed E-state index contributed by atoms with van der Waals surface area (Å²) in [5, 5.41) is 11.1. The molecule has 18 heteroatoms. The molecule has 0 radical (unpaired) electrons. The summed E-state index contributed by atoms with van der Waals surface area (Å²) in [6.07, 6.45) is 5.03. The first-order valence-corrected chi connectivity index (χ1v) is 25.0. The van der Waals surface area contributed by atoms with Crippen LogP contribution in [0.5, 0.6) is 0 Å². The van der Waals surface area contributed by atoms with Crippen molar-refractivity contribution in [1.82, 2.24) is 44.6 Å². The Bertz CT molecular complexity index is 2540. The maximum atomic E-state index is 14.8. The lowest BCUT2D eigenvalue weighted by Crippen LogP contribution is -2.54. The fraction of sp³-hybridized carbons (Fsp3) is 0.558. The Morgan fingerprint density at radius 1 is 0.857 bits per heavy atom. The number of benzene rings is 2. The van der Waals surface area contributed by atoms with Gasteiger partial charge in [-0.1, -0.05) is 30.3 Å². The monoisotopic (exact) mass is 965 g/mol. The van der Waals surface area contributed by atoms with Gasteiger partial charge < -0.3 is 34.4 Å². The number of piperidine rings is 2. The number of ether oxygens (including phenoxy) is 2. The largest absolute Gasteiger partial charge is 0.366 e. The smallest absolute Gasteiger partial charge is 0.274 e. The van der Waals surface area contributed by atoms with E-state index in [0.29, 0.717) is 113 Å². The van der Waals surface area contributed by atoms with Gasteiger partial charge in [0.1, 0.15) is 12.4 Å². The van der Waals surface area contributed by atoms with Crippen LogP contribution in [0.15, 0.2) is 59.5 Å². The van der Waals surface area contributed by atoms with Crippen LogP contribution < -0.4 is 10.9 Å². The van der Waals surface area contributed by atoms with E-state index in [1.807, 2.05) is 66.7 Å². The van der Waals surface area contributed by atoms with Crippen LogP contribution in [0.3, 0.4) is 0 Å². The Labute approximate surface area is 409 Å². The van der Waals surface area contributed by atoms with Crippen LogP contribution in [-0.4, -0.2) is 179 Å². The highest BCUT2D eigenvalue weighted by atomic mass is 19.1. The molecule has 70 heavy (non-hydrogen) atoms.